The normalized spacial score (nSPS) is 10.9. The summed E-state index contributed by atoms with van der Waals surface area (Å²) in [5.41, 5.74) is 2.09. The molecule has 0 spiro atoms. The lowest BCUT2D eigenvalue weighted by molar-refractivity contribution is 0.146. The Hall–Kier alpha value is -4.18. The molecule has 0 bridgehead atoms. The number of nitrogens with zero attached hydrogens (tertiary/aromatic N) is 5. The van der Waals surface area contributed by atoms with Gasteiger partial charge in [-0.1, -0.05) is 25.1 Å². The quantitative estimate of drug-likeness (QED) is 0.310. The number of methoxy groups -OCH3 is 1. The Morgan fingerprint density at radius 2 is 1.78 bits per heavy atom. The fourth-order valence-corrected chi connectivity index (χ4v) is 3.69. The first-order valence-electron chi connectivity index (χ1n) is 11.4. The standard InChI is InChI=1S/C24H19F2N5O3.C2H6/c1-33-8-9-34-18-11-16-10-15(2-5-21(16)27-13-18)14-31-23-22(28-29-31)6-7-30(24(23)32)17-3-4-19(25)20(26)12-17;1-2/h2-7,10-13H,8-9,14H2,1H3;1-2H3. The van der Waals surface area contributed by atoms with Crippen LogP contribution in [0.4, 0.5) is 8.78 Å². The summed E-state index contributed by atoms with van der Waals surface area (Å²) in [5.74, 6) is -1.39. The summed E-state index contributed by atoms with van der Waals surface area (Å²) in [6, 6.07) is 12.5. The van der Waals surface area contributed by atoms with Gasteiger partial charge < -0.3 is 9.47 Å². The van der Waals surface area contributed by atoms with Crippen molar-refractivity contribution < 1.29 is 18.3 Å². The fraction of sp³-hybridized carbons (Fsp3) is 0.231. The van der Waals surface area contributed by atoms with Crippen molar-refractivity contribution in [3.8, 4) is 11.4 Å². The minimum absolute atomic E-state index is 0.205. The molecule has 36 heavy (non-hydrogen) atoms. The van der Waals surface area contributed by atoms with Crippen LogP contribution in [-0.4, -0.2) is 44.9 Å². The lowest BCUT2D eigenvalue weighted by Crippen LogP contribution is -2.20. The van der Waals surface area contributed by atoms with Gasteiger partial charge >= 0.3 is 0 Å². The van der Waals surface area contributed by atoms with Crippen molar-refractivity contribution >= 4 is 21.9 Å². The zero-order valence-corrected chi connectivity index (χ0v) is 20.1. The molecule has 3 aromatic heterocycles. The highest BCUT2D eigenvalue weighted by atomic mass is 19.2. The molecule has 0 fully saturated rings. The number of pyridine rings is 2. The van der Waals surface area contributed by atoms with Gasteiger partial charge in [0.25, 0.3) is 5.56 Å². The van der Waals surface area contributed by atoms with E-state index >= 15 is 0 Å². The number of hydrogen-bond donors (Lipinski definition) is 0. The fourth-order valence-electron chi connectivity index (χ4n) is 3.69. The maximum Gasteiger partial charge on any atom is 0.282 e. The number of ether oxygens (including phenoxy) is 2. The van der Waals surface area contributed by atoms with Crippen LogP contribution in [0.1, 0.15) is 19.4 Å². The van der Waals surface area contributed by atoms with E-state index < -0.39 is 17.2 Å². The second-order valence-electron chi connectivity index (χ2n) is 7.61. The van der Waals surface area contributed by atoms with Crippen molar-refractivity contribution in [3.05, 3.63) is 88.5 Å². The van der Waals surface area contributed by atoms with Crippen molar-refractivity contribution in [1.82, 2.24) is 24.5 Å². The Bertz CT molecular complexity index is 1570. The molecule has 8 nitrogen and oxygen atoms in total. The largest absolute Gasteiger partial charge is 0.490 e. The van der Waals surface area contributed by atoms with Gasteiger partial charge in [0.1, 0.15) is 17.9 Å². The molecule has 0 aliphatic rings. The Morgan fingerprint density at radius 1 is 0.944 bits per heavy atom. The first kappa shape index (κ1) is 24.9. The van der Waals surface area contributed by atoms with Gasteiger partial charge in [-0.2, -0.15) is 0 Å². The Kier molecular flexibility index (Phi) is 7.65. The van der Waals surface area contributed by atoms with E-state index in [9.17, 15) is 13.6 Å². The Morgan fingerprint density at radius 3 is 2.56 bits per heavy atom. The van der Waals surface area contributed by atoms with Crippen LogP contribution in [0.15, 0.2) is 65.7 Å². The third-order valence-electron chi connectivity index (χ3n) is 5.35. The monoisotopic (exact) mass is 493 g/mol. The maximum atomic E-state index is 13.7. The molecule has 0 saturated heterocycles. The summed E-state index contributed by atoms with van der Waals surface area (Å²) < 4.78 is 40.4. The van der Waals surface area contributed by atoms with E-state index in [1.807, 2.05) is 38.1 Å². The van der Waals surface area contributed by atoms with E-state index in [1.165, 1.54) is 21.5 Å². The maximum absolute atomic E-state index is 13.7. The molecule has 186 valence electrons. The highest BCUT2D eigenvalue weighted by Gasteiger charge is 2.14. The first-order chi connectivity index (χ1) is 17.5. The van der Waals surface area contributed by atoms with Crippen molar-refractivity contribution in [3.63, 3.8) is 0 Å². The Balaban J connectivity index is 0.00000148. The van der Waals surface area contributed by atoms with Crippen LogP contribution in [0, 0.1) is 11.6 Å². The van der Waals surface area contributed by atoms with Gasteiger partial charge in [0.15, 0.2) is 17.2 Å². The summed E-state index contributed by atoms with van der Waals surface area (Å²) in [7, 11) is 1.61. The number of hydrogen-bond acceptors (Lipinski definition) is 6. The topological polar surface area (TPSA) is 84.1 Å². The van der Waals surface area contributed by atoms with Crippen LogP contribution in [0.5, 0.6) is 5.75 Å². The summed E-state index contributed by atoms with van der Waals surface area (Å²) in [6.45, 7) is 5.16. The molecule has 3 heterocycles. The molecule has 10 heteroatoms. The van der Waals surface area contributed by atoms with Crippen LogP contribution in [0.25, 0.3) is 27.6 Å². The van der Waals surface area contributed by atoms with Crippen LogP contribution < -0.4 is 10.3 Å². The van der Waals surface area contributed by atoms with Gasteiger partial charge in [0.05, 0.1) is 30.6 Å². The van der Waals surface area contributed by atoms with E-state index in [0.717, 1.165) is 28.6 Å². The SMILES string of the molecule is CC.COCCOc1cnc2ccc(Cn3nnc4ccn(-c5ccc(F)c(F)c5)c(=O)c43)cc2c1. The van der Waals surface area contributed by atoms with Gasteiger partial charge in [-0.15, -0.1) is 5.10 Å². The average molecular weight is 494 g/mol. The number of benzene rings is 2. The van der Waals surface area contributed by atoms with E-state index in [1.54, 1.807) is 19.4 Å². The molecule has 0 amide bonds. The Labute approximate surface area is 205 Å². The van der Waals surface area contributed by atoms with Gasteiger partial charge in [-0.3, -0.25) is 14.3 Å². The van der Waals surface area contributed by atoms with Gasteiger partial charge in [-0.05, 0) is 42.0 Å². The minimum Gasteiger partial charge on any atom is -0.490 e. The van der Waals surface area contributed by atoms with Crippen molar-refractivity contribution in [2.24, 2.45) is 0 Å². The molecule has 0 saturated carbocycles. The third-order valence-corrected chi connectivity index (χ3v) is 5.35. The molecule has 5 aromatic rings. The predicted octanol–water partition coefficient (Wildman–Crippen LogP) is 4.51. The number of halogens is 2. The van der Waals surface area contributed by atoms with Crippen molar-refractivity contribution in [2.75, 3.05) is 20.3 Å². The molecule has 5 rings (SSSR count). The lowest BCUT2D eigenvalue weighted by Gasteiger charge is -2.09. The van der Waals surface area contributed by atoms with Gasteiger partial charge in [0.2, 0.25) is 0 Å². The third kappa shape index (κ3) is 5.08. The summed E-state index contributed by atoms with van der Waals surface area (Å²) in [4.78, 5) is 17.6. The molecular formula is C26H25F2N5O3. The van der Waals surface area contributed by atoms with E-state index in [4.69, 9.17) is 9.47 Å². The summed E-state index contributed by atoms with van der Waals surface area (Å²) in [5, 5.41) is 9.08. The molecule has 0 radical (unpaired) electrons. The number of rotatable bonds is 7. The first-order valence-corrected chi connectivity index (χ1v) is 11.4. The zero-order chi connectivity index (χ0) is 25.7. The second-order valence-corrected chi connectivity index (χ2v) is 7.61. The van der Waals surface area contributed by atoms with Gasteiger partial charge in [-0.25, -0.2) is 13.5 Å². The lowest BCUT2D eigenvalue weighted by atomic mass is 10.1. The molecule has 0 unspecified atom stereocenters. The van der Waals surface area contributed by atoms with Crippen molar-refractivity contribution in [1.29, 1.82) is 0 Å². The number of aromatic nitrogens is 5. The molecule has 0 N–H and O–H groups in total. The molecular weight excluding hydrogens is 468 g/mol. The van der Waals surface area contributed by atoms with Crippen LogP contribution in [0.3, 0.4) is 0 Å². The zero-order valence-electron chi connectivity index (χ0n) is 20.1. The minimum atomic E-state index is -1.04. The number of fused-ring (bicyclic) bond motifs is 2. The predicted molar refractivity (Wildman–Crippen MR) is 133 cm³/mol. The second kappa shape index (κ2) is 11.0. The highest BCUT2D eigenvalue weighted by Crippen LogP contribution is 2.21. The van der Waals surface area contributed by atoms with Crippen LogP contribution in [-0.2, 0) is 11.3 Å². The average Bonchev–Trinajstić information content (AvgIpc) is 3.30. The summed E-state index contributed by atoms with van der Waals surface area (Å²) in [6.07, 6.45) is 3.12. The van der Waals surface area contributed by atoms with E-state index in [0.29, 0.717) is 24.5 Å². The molecule has 2 aromatic carbocycles. The molecule has 0 aliphatic carbocycles. The van der Waals surface area contributed by atoms with Crippen LogP contribution >= 0.6 is 0 Å². The molecule has 0 aliphatic heterocycles. The van der Waals surface area contributed by atoms with E-state index in [-0.39, 0.29) is 17.7 Å². The van der Waals surface area contributed by atoms with Gasteiger partial charge in [0, 0.05) is 24.8 Å². The van der Waals surface area contributed by atoms with Crippen molar-refractivity contribution in [2.45, 2.75) is 20.4 Å². The summed E-state index contributed by atoms with van der Waals surface area (Å²) >= 11 is 0. The van der Waals surface area contributed by atoms with Crippen LogP contribution in [0.2, 0.25) is 0 Å². The molecule has 0 atom stereocenters. The smallest absolute Gasteiger partial charge is 0.282 e. The van der Waals surface area contributed by atoms with E-state index in [2.05, 4.69) is 15.3 Å². The highest BCUT2D eigenvalue weighted by molar-refractivity contribution is 5.80.